The van der Waals surface area contributed by atoms with Crippen LogP contribution in [0.15, 0.2) is 27.1 Å². The van der Waals surface area contributed by atoms with Crippen LogP contribution in [-0.4, -0.2) is 6.54 Å². The lowest BCUT2D eigenvalue weighted by molar-refractivity contribution is 0.500. The van der Waals surface area contributed by atoms with Gasteiger partial charge in [-0.05, 0) is 62.0 Å². The van der Waals surface area contributed by atoms with Crippen molar-refractivity contribution >= 4 is 31.9 Å². The van der Waals surface area contributed by atoms with Gasteiger partial charge < -0.3 is 5.32 Å². The number of rotatable bonds is 5. The molecule has 1 nitrogen and oxygen atoms in total. The molecule has 0 aliphatic heterocycles. The van der Waals surface area contributed by atoms with Gasteiger partial charge in [0.1, 0.15) is 0 Å². The highest BCUT2D eigenvalue weighted by atomic mass is 79.9. The summed E-state index contributed by atoms with van der Waals surface area (Å²) in [4.78, 5) is 0. The van der Waals surface area contributed by atoms with Crippen LogP contribution in [0.3, 0.4) is 0 Å². The molecule has 0 saturated heterocycles. The molecule has 1 atom stereocenters. The minimum atomic E-state index is 0.754. The molecular weight excluding hydrogens is 318 g/mol. The summed E-state index contributed by atoms with van der Waals surface area (Å²) in [5, 5.41) is 3.46. The Bertz CT molecular complexity index is 312. The van der Waals surface area contributed by atoms with E-state index in [-0.39, 0.29) is 0 Å². The zero-order valence-electron chi connectivity index (χ0n) is 9.19. The van der Waals surface area contributed by atoms with E-state index in [9.17, 15) is 0 Å². The molecule has 0 spiro atoms. The van der Waals surface area contributed by atoms with Crippen molar-refractivity contribution < 1.29 is 0 Å². The van der Waals surface area contributed by atoms with E-state index in [1.54, 1.807) is 0 Å². The first-order valence-electron chi connectivity index (χ1n) is 5.28. The van der Waals surface area contributed by atoms with E-state index in [2.05, 4.69) is 69.2 Å². The molecule has 0 bridgehead atoms. The van der Waals surface area contributed by atoms with Gasteiger partial charge in [0.05, 0.1) is 0 Å². The first-order chi connectivity index (χ1) is 7.13. The molecule has 1 rings (SSSR count). The Morgan fingerprint density at radius 1 is 1.27 bits per heavy atom. The lowest BCUT2D eigenvalue weighted by Crippen LogP contribution is -2.20. The monoisotopic (exact) mass is 333 g/mol. The normalized spacial score (nSPS) is 12.8. The Kier molecular flexibility index (Phi) is 5.87. The molecule has 0 fully saturated rings. The van der Waals surface area contributed by atoms with Gasteiger partial charge >= 0.3 is 0 Å². The SMILES string of the molecule is CCC(C)CNCc1ccc(Br)c(Br)c1. The van der Waals surface area contributed by atoms with Crippen LogP contribution >= 0.6 is 31.9 Å². The zero-order valence-corrected chi connectivity index (χ0v) is 12.4. The summed E-state index contributed by atoms with van der Waals surface area (Å²) in [5.41, 5.74) is 1.31. The number of nitrogens with one attached hydrogen (secondary N) is 1. The Hall–Kier alpha value is 0.140. The van der Waals surface area contributed by atoms with E-state index in [0.29, 0.717) is 0 Å². The minimum Gasteiger partial charge on any atom is -0.312 e. The van der Waals surface area contributed by atoms with E-state index in [1.165, 1.54) is 12.0 Å². The van der Waals surface area contributed by atoms with E-state index < -0.39 is 0 Å². The molecular formula is C12H17Br2N. The standard InChI is InChI=1S/C12H17Br2N/c1-3-9(2)7-15-8-10-4-5-11(13)12(14)6-10/h4-6,9,15H,3,7-8H2,1-2H3. The van der Waals surface area contributed by atoms with Crippen molar-refractivity contribution in [3.63, 3.8) is 0 Å². The smallest absolute Gasteiger partial charge is 0.0320 e. The molecule has 0 radical (unpaired) electrons. The van der Waals surface area contributed by atoms with Crippen LogP contribution in [0.1, 0.15) is 25.8 Å². The summed E-state index contributed by atoms with van der Waals surface area (Å²) in [5.74, 6) is 0.754. The fraction of sp³-hybridized carbons (Fsp3) is 0.500. The van der Waals surface area contributed by atoms with Gasteiger partial charge in [0.2, 0.25) is 0 Å². The maximum atomic E-state index is 3.51. The summed E-state index contributed by atoms with van der Waals surface area (Å²) < 4.78 is 2.22. The van der Waals surface area contributed by atoms with E-state index in [0.717, 1.165) is 28.0 Å². The third-order valence-electron chi connectivity index (χ3n) is 2.50. The van der Waals surface area contributed by atoms with Crippen molar-refractivity contribution in [2.24, 2.45) is 5.92 Å². The van der Waals surface area contributed by atoms with Crippen LogP contribution in [0.5, 0.6) is 0 Å². The van der Waals surface area contributed by atoms with Gasteiger partial charge in [-0.1, -0.05) is 26.3 Å². The highest BCUT2D eigenvalue weighted by molar-refractivity contribution is 9.13. The molecule has 15 heavy (non-hydrogen) atoms. The average molecular weight is 335 g/mol. The van der Waals surface area contributed by atoms with E-state index in [1.807, 2.05) is 0 Å². The summed E-state index contributed by atoms with van der Waals surface area (Å²) in [6, 6.07) is 6.36. The van der Waals surface area contributed by atoms with Crippen molar-refractivity contribution in [2.75, 3.05) is 6.54 Å². The van der Waals surface area contributed by atoms with Crippen molar-refractivity contribution in [1.29, 1.82) is 0 Å². The molecule has 0 heterocycles. The zero-order chi connectivity index (χ0) is 11.3. The first-order valence-corrected chi connectivity index (χ1v) is 6.86. The Morgan fingerprint density at radius 2 is 2.00 bits per heavy atom. The molecule has 1 unspecified atom stereocenters. The highest BCUT2D eigenvalue weighted by Gasteiger charge is 2.00. The highest BCUT2D eigenvalue weighted by Crippen LogP contribution is 2.23. The molecule has 84 valence electrons. The molecule has 1 N–H and O–H groups in total. The Labute approximate surface area is 109 Å². The van der Waals surface area contributed by atoms with Crippen LogP contribution in [0.4, 0.5) is 0 Å². The number of hydrogen-bond acceptors (Lipinski definition) is 1. The van der Waals surface area contributed by atoms with Crippen molar-refractivity contribution in [3.8, 4) is 0 Å². The molecule has 0 aromatic heterocycles. The maximum absolute atomic E-state index is 3.51. The third kappa shape index (κ3) is 4.66. The summed E-state index contributed by atoms with van der Waals surface area (Å²) in [6.07, 6.45) is 1.23. The van der Waals surface area contributed by atoms with Crippen LogP contribution in [-0.2, 0) is 6.54 Å². The quantitative estimate of drug-likeness (QED) is 0.844. The van der Waals surface area contributed by atoms with Gasteiger partial charge in [-0.2, -0.15) is 0 Å². The first kappa shape index (κ1) is 13.2. The van der Waals surface area contributed by atoms with Crippen LogP contribution in [0.2, 0.25) is 0 Å². The Morgan fingerprint density at radius 3 is 2.60 bits per heavy atom. The fourth-order valence-corrected chi connectivity index (χ4v) is 1.93. The second-order valence-corrected chi connectivity index (χ2v) is 5.60. The van der Waals surface area contributed by atoms with Crippen molar-refractivity contribution in [2.45, 2.75) is 26.8 Å². The molecule has 1 aromatic rings. The lowest BCUT2D eigenvalue weighted by Gasteiger charge is -2.10. The molecule has 3 heteroatoms. The topological polar surface area (TPSA) is 12.0 Å². The van der Waals surface area contributed by atoms with Gasteiger partial charge in [0.15, 0.2) is 0 Å². The molecule has 0 aliphatic rings. The van der Waals surface area contributed by atoms with Gasteiger partial charge in [-0.15, -0.1) is 0 Å². The molecule has 0 aliphatic carbocycles. The predicted molar refractivity (Wildman–Crippen MR) is 73.0 cm³/mol. The van der Waals surface area contributed by atoms with Gasteiger partial charge in [0.25, 0.3) is 0 Å². The largest absolute Gasteiger partial charge is 0.312 e. The number of halogens is 2. The van der Waals surface area contributed by atoms with Gasteiger partial charge in [0, 0.05) is 15.5 Å². The molecule has 0 amide bonds. The van der Waals surface area contributed by atoms with Crippen LogP contribution in [0.25, 0.3) is 0 Å². The minimum absolute atomic E-state index is 0.754. The second-order valence-electron chi connectivity index (χ2n) is 3.89. The second kappa shape index (κ2) is 6.66. The van der Waals surface area contributed by atoms with Crippen molar-refractivity contribution in [3.05, 3.63) is 32.7 Å². The lowest BCUT2D eigenvalue weighted by atomic mass is 10.1. The Balaban J connectivity index is 2.41. The summed E-state index contributed by atoms with van der Waals surface area (Å²) in [6.45, 7) is 6.52. The fourth-order valence-electron chi connectivity index (χ4n) is 1.26. The number of benzene rings is 1. The predicted octanol–water partition coefficient (Wildman–Crippen LogP) is 4.35. The van der Waals surface area contributed by atoms with Gasteiger partial charge in [-0.25, -0.2) is 0 Å². The number of hydrogen-bond donors (Lipinski definition) is 1. The van der Waals surface area contributed by atoms with Crippen LogP contribution in [0, 0.1) is 5.92 Å². The molecule has 1 aromatic carbocycles. The van der Waals surface area contributed by atoms with Crippen molar-refractivity contribution in [1.82, 2.24) is 5.32 Å². The van der Waals surface area contributed by atoms with E-state index in [4.69, 9.17) is 0 Å². The van der Waals surface area contributed by atoms with Gasteiger partial charge in [-0.3, -0.25) is 0 Å². The van der Waals surface area contributed by atoms with E-state index >= 15 is 0 Å². The average Bonchev–Trinajstić information content (AvgIpc) is 2.23. The molecule has 0 saturated carbocycles. The summed E-state index contributed by atoms with van der Waals surface area (Å²) in [7, 11) is 0. The third-order valence-corrected chi connectivity index (χ3v) is 4.38. The van der Waals surface area contributed by atoms with Crippen LogP contribution < -0.4 is 5.32 Å². The maximum Gasteiger partial charge on any atom is 0.0320 e. The summed E-state index contributed by atoms with van der Waals surface area (Å²) >= 11 is 6.97.